The molecular formula is C23H19F3IN3O2S. The van der Waals surface area contributed by atoms with Gasteiger partial charge in [0, 0.05) is 50.0 Å². The highest BCUT2D eigenvalue weighted by Crippen LogP contribution is 2.45. The first-order chi connectivity index (χ1) is 15.5. The lowest BCUT2D eigenvalue weighted by Crippen LogP contribution is -2.35. The molecule has 1 aliphatic rings. The van der Waals surface area contributed by atoms with Crippen molar-refractivity contribution in [1.82, 2.24) is 10.3 Å². The zero-order chi connectivity index (χ0) is 24.1. The van der Waals surface area contributed by atoms with Crippen molar-refractivity contribution in [3.8, 4) is 0 Å². The second-order valence-electron chi connectivity index (χ2n) is 8.24. The summed E-state index contributed by atoms with van der Waals surface area (Å²) in [7, 11) is 0. The molecule has 2 amide bonds. The van der Waals surface area contributed by atoms with Crippen molar-refractivity contribution in [1.29, 1.82) is 0 Å². The predicted molar refractivity (Wildman–Crippen MR) is 128 cm³/mol. The van der Waals surface area contributed by atoms with Crippen molar-refractivity contribution in [2.24, 2.45) is 0 Å². The topological polar surface area (TPSA) is 62.3 Å². The third kappa shape index (κ3) is 4.37. The van der Waals surface area contributed by atoms with Crippen LogP contribution in [0.1, 0.15) is 45.2 Å². The predicted octanol–water partition coefficient (Wildman–Crippen LogP) is 5.23. The zero-order valence-electron chi connectivity index (χ0n) is 17.9. The second kappa shape index (κ2) is 8.71. The maximum absolute atomic E-state index is 13.9. The largest absolute Gasteiger partial charge is 0.348 e. The number of halogens is 4. The van der Waals surface area contributed by atoms with Gasteiger partial charge in [0.05, 0.1) is 22.7 Å². The van der Waals surface area contributed by atoms with Crippen molar-refractivity contribution in [3.63, 3.8) is 0 Å². The van der Waals surface area contributed by atoms with E-state index in [1.165, 1.54) is 11.3 Å². The minimum atomic E-state index is -1.07. The number of nitrogens with one attached hydrogen (secondary N) is 1. The summed E-state index contributed by atoms with van der Waals surface area (Å²) in [4.78, 5) is 32.9. The Labute approximate surface area is 206 Å². The number of nitrogens with zero attached hydrogens (tertiary/aromatic N) is 2. The lowest BCUT2D eigenvalue weighted by Gasteiger charge is -2.19. The van der Waals surface area contributed by atoms with Crippen molar-refractivity contribution in [2.45, 2.75) is 39.3 Å². The Bertz CT molecular complexity index is 1270. The van der Waals surface area contributed by atoms with Crippen LogP contribution < -0.4 is 10.2 Å². The van der Waals surface area contributed by atoms with Crippen molar-refractivity contribution in [2.75, 3.05) is 4.90 Å². The van der Waals surface area contributed by atoms with Gasteiger partial charge in [-0.1, -0.05) is 0 Å². The summed E-state index contributed by atoms with van der Waals surface area (Å²) in [5.74, 6) is -3.83. The van der Waals surface area contributed by atoms with Crippen LogP contribution in [0.3, 0.4) is 0 Å². The second-order valence-corrected chi connectivity index (χ2v) is 10.7. The van der Waals surface area contributed by atoms with Gasteiger partial charge in [-0.05, 0) is 55.5 Å². The average molecular weight is 585 g/mol. The van der Waals surface area contributed by atoms with E-state index >= 15 is 0 Å². The SMILES string of the molecule is Cc1ncc(CN2C(=O)C(C)(C)c3c(I)cc(C(=O)NCc4c(F)cc(F)cc4F)cc32)s1. The van der Waals surface area contributed by atoms with E-state index in [0.717, 1.165) is 19.0 Å². The van der Waals surface area contributed by atoms with Gasteiger partial charge in [0.15, 0.2) is 0 Å². The van der Waals surface area contributed by atoms with E-state index in [4.69, 9.17) is 0 Å². The normalized spacial score (nSPS) is 14.5. The van der Waals surface area contributed by atoms with Gasteiger partial charge >= 0.3 is 0 Å². The van der Waals surface area contributed by atoms with Crippen LogP contribution in [0.25, 0.3) is 0 Å². The number of aryl methyl sites for hydroxylation is 1. The summed E-state index contributed by atoms with van der Waals surface area (Å²) in [5.41, 5.74) is 0.478. The van der Waals surface area contributed by atoms with Crippen LogP contribution in [-0.2, 0) is 23.3 Å². The molecule has 1 aromatic heterocycles. The van der Waals surface area contributed by atoms with Gasteiger partial charge in [-0.25, -0.2) is 18.2 Å². The van der Waals surface area contributed by atoms with Gasteiger partial charge in [0.1, 0.15) is 17.5 Å². The van der Waals surface area contributed by atoms with E-state index in [2.05, 4.69) is 32.9 Å². The van der Waals surface area contributed by atoms with Gasteiger partial charge in [-0.3, -0.25) is 9.59 Å². The van der Waals surface area contributed by atoms with Gasteiger partial charge < -0.3 is 10.2 Å². The number of benzene rings is 2. The molecule has 33 heavy (non-hydrogen) atoms. The Morgan fingerprint density at radius 2 is 1.85 bits per heavy atom. The highest BCUT2D eigenvalue weighted by Gasteiger charge is 2.45. The molecule has 5 nitrogen and oxygen atoms in total. The number of hydrogen-bond donors (Lipinski definition) is 1. The lowest BCUT2D eigenvalue weighted by atomic mass is 9.86. The average Bonchev–Trinajstić information content (AvgIpc) is 3.21. The molecule has 0 saturated heterocycles. The molecule has 2 aromatic carbocycles. The van der Waals surface area contributed by atoms with E-state index in [0.29, 0.717) is 24.4 Å². The third-order valence-corrected chi connectivity index (χ3v) is 7.29. The molecule has 2 heterocycles. The first-order valence-electron chi connectivity index (χ1n) is 9.98. The maximum Gasteiger partial charge on any atom is 0.251 e. The molecule has 1 aliphatic heterocycles. The van der Waals surface area contributed by atoms with E-state index in [-0.39, 0.29) is 11.5 Å². The van der Waals surface area contributed by atoms with Crippen molar-refractivity contribution < 1.29 is 22.8 Å². The van der Waals surface area contributed by atoms with Gasteiger partial charge in [-0.15, -0.1) is 11.3 Å². The first kappa shape index (κ1) is 23.7. The molecule has 0 fully saturated rings. The van der Waals surface area contributed by atoms with Crippen LogP contribution in [0.4, 0.5) is 18.9 Å². The maximum atomic E-state index is 13.9. The number of fused-ring (bicyclic) bond motifs is 1. The number of carbonyl (C=O) groups is 2. The van der Waals surface area contributed by atoms with Crippen LogP contribution in [-0.4, -0.2) is 16.8 Å². The fourth-order valence-corrected chi connectivity index (χ4v) is 5.98. The Hall–Kier alpha value is -2.47. The fourth-order valence-electron chi connectivity index (χ4n) is 3.91. The number of carbonyl (C=O) groups excluding carboxylic acids is 2. The van der Waals surface area contributed by atoms with Crippen molar-refractivity contribution in [3.05, 3.63) is 78.1 Å². The van der Waals surface area contributed by atoms with Gasteiger partial charge in [0.25, 0.3) is 5.91 Å². The highest BCUT2D eigenvalue weighted by molar-refractivity contribution is 14.1. The lowest BCUT2D eigenvalue weighted by molar-refractivity contribution is -0.122. The first-order valence-corrected chi connectivity index (χ1v) is 11.9. The molecule has 0 aliphatic carbocycles. The van der Waals surface area contributed by atoms with E-state index in [9.17, 15) is 22.8 Å². The summed E-state index contributed by atoms with van der Waals surface area (Å²) in [5, 5.41) is 3.37. The van der Waals surface area contributed by atoms with Crippen LogP contribution >= 0.6 is 33.9 Å². The molecule has 0 saturated carbocycles. The zero-order valence-corrected chi connectivity index (χ0v) is 20.9. The molecule has 0 unspecified atom stereocenters. The Kier molecular flexibility index (Phi) is 6.25. The molecule has 10 heteroatoms. The number of amides is 2. The quantitative estimate of drug-likeness (QED) is 0.418. The standard InChI is InChI=1S/C23H19F3IN3O2S/c1-11-28-8-14(33-11)10-30-19-5-12(4-18(27)20(19)23(2,3)22(30)32)21(31)29-9-15-16(25)6-13(24)7-17(15)26/h4-8H,9-10H2,1-3H3,(H,29,31). The summed E-state index contributed by atoms with van der Waals surface area (Å²) in [6.07, 6.45) is 1.73. The van der Waals surface area contributed by atoms with Gasteiger partial charge in [0.2, 0.25) is 5.91 Å². The molecule has 0 atom stereocenters. The molecule has 172 valence electrons. The van der Waals surface area contributed by atoms with Crippen molar-refractivity contribution >= 4 is 51.4 Å². The van der Waals surface area contributed by atoms with Crippen LogP contribution in [0.15, 0.2) is 30.5 Å². The molecule has 4 rings (SSSR count). The molecule has 1 N–H and O–H groups in total. The summed E-state index contributed by atoms with van der Waals surface area (Å²) < 4.78 is 41.7. The smallest absolute Gasteiger partial charge is 0.251 e. The van der Waals surface area contributed by atoms with Gasteiger partial charge in [-0.2, -0.15) is 0 Å². The van der Waals surface area contributed by atoms with E-state index < -0.39 is 40.9 Å². The Morgan fingerprint density at radius 3 is 2.45 bits per heavy atom. The molecule has 0 spiro atoms. The molecular weight excluding hydrogens is 566 g/mol. The summed E-state index contributed by atoms with van der Waals surface area (Å²) in [6, 6.07) is 4.39. The summed E-state index contributed by atoms with van der Waals surface area (Å²) in [6.45, 7) is 5.45. The fraction of sp³-hybridized carbons (Fsp3) is 0.261. The number of aromatic nitrogens is 1. The van der Waals surface area contributed by atoms with Crippen LogP contribution in [0.5, 0.6) is 0 Å². The Morgan fingerprint density at radius 1 is 1.18 bits per heavy atom. The third-order valence-electron chi connectivity index (χ3n) is 5.54. The van der Waals surface area contributed by atoms with Crippen LogP contribution in [0, 0.1) is 27.9 Å². The monoisotopic (exact) mass is 585 g/mol. The minimum Gasteiger partial charge on any atom is -0.348 e. The van der Waals surface area contributed by atoms with E-state index in [1.807, 2.05) is 20.8 Å². The molecule has 0 bridgehead atoms. The molecule has 0 radical (unpaired) electrons. The Balaban J connectivity index is 1.64. The van der Waals surface area contributed by atoms with Crippen LogP contribution in [0.2, 0.25) is 0 Å². The highest BCUT2D eigenvalue weighted by atomic mass is 127. The minimum absolute atomic E-state index is 0.0884. The van der Waals surface area contributed by atoms with E-state index in [1.54, 1.807) is 23.2 Å². The number of rotatable bonds is 5. The number of hydrogen-bond acceptors (Lipinski definition) is 4. The summed E-state index contributed by atoms with van der Waals surface area (Å²) >= 11 is 3.58. The number of anilines is 1. The molecule has 3 aromatic rings. The number of thiazole rings is 1.